The molecule has 3 nitrogen and oxygen atoms in total. The van der Waals surface area contributed by atoms with Gasteiger partial charge < -0.3 is 15.6 Å². The summed E-state index contributed by atoms with van der Waals surface area (Å²) >= 11 is 0. The molecule has 0 radical (unpaired) electrons. The van der Waals surface area contributed by atoms with E-state index >= 15 is 0 Å². The second-order valence-corrected chi connectivity index (χ2v) is 4.74. The van der Waals surface area contributed by atoms with Gasteiger partial charge in [0.15, 0.2) is 0 Å². The minimum Gasteiger partial charge on any atom is -0.494 e. The molecule has 0 aromatic heterocycles. The Kier molecular flexibility index (Phi) is 6.81. The minimum absolute atomic E-state index is 0.0442. The normalized spacial score (nSPS) is 14.2. The maximum atomic E-state index is 13.5. The lowest BCUT2D eigenvalue weighted by molar-refractivity contribution is 0.213. The van der Waals surface area contributed by atoms with Crippen molar-refractivity contribution in [2.75, 3.05) is 19.8 Å². The Hall–Kier alpha value is -1.13. The lowest BCUT2D eigenvalue weighted by atomic mass is 9.86. The predicted octanol–water partition coefficient (Wildman–Crippen LogP) is 2.68. The molecule has 0 fully saturated rings. The van der Waals surface area contributed by atoms with Gasteiger partial charge in [0.1, 0.15) is 11.6 Å². The molecule has 0 aliphatic heterocycles. The zero-order chi connectivity index (χ0) is 14.3. The number of hydrogen-bond acceptors (Lipinski definition) is 3. The van der Waals surface area contributed by atoms with Gasteiger partial charge in [-0.1, -0.05) is 6.92 Å². The molecule has 1 aromatic rings. The first kappa shape index (κ1) is 15.9. The van der Waals surface area contributed by atoms with E-state index in [0.29, 0.717) is 13.2 Å². The lowest BCUT2D eigenvalue weighted by Gasteiger charge is -2.22. The topological polar surface area (TPSA) is 55.5 Å². The molecule has 2 atom stereocenters. The van der Waals surface area contributed by atoms with Crippen molar-refractivity contribution in [3.05, 3.63) is 29.6 Å². The summed E-state index contributed by atoms with van der Waals surface area (Å²) in [6.45, 7) is 5.01. The summed E-state index contributed by atoms with van der Waals surface area (Å²) in [5, 5.41) is 9.26. The SMILES string of the molecule is CCOc1ccc(F)cc1C(CC)CC(CN)CO. The van der Waals surface area contributed by atoms with Crippen LogP contribution in [0, 0.1) is 11.7 Å². The quantitative estimate of drug-likeness (QED) is 0.763. The smallest absolute Gasteiger partial charge is 0.123 e. The third-order valence-corrected chi connectivity index (χ3v) is 3.41. The molecule has 2 unspecified atom stereocenters. The van der Waals surface area contributed by atoms with E-state index < -0.39 is 0 Å². The highest BCUT2D eigenvalue weighted by molar-refractivity contribution is 5.37. The van der Waals surface area contributed by atoms with Gasteiger partial charge in [0.25, 0.3) is 0 Å². The van der Waals surface area contributed by atoms with Gasteiger partial charge in [-0.3, -0.25) is 0 Å². The minimum atomic E-state index is -0.259. The fraction of sp³-hybridized carbons (Fsp3) is 0.600. The fourth-order valence-corrected chi connectivity index (χ4v) is 2.29. The molecule has 0 spiro atoms. The molecular formula is C15H24FNO2. The van der Waals surface area contributed by atoms with Crippen LogP contribution < -0.4 is 10.5 Å². The zero-order valence-electron chi connectivity index (χ0n) is 11.7. The van der Waals surface area contributed by atoms with Crippen molar-refractivity contribution < 1.29 is 14.2 Å². The first-order chi connectivity index (χ1) is 9.15. The van der Waals surface area contributed by atoms with Gasteiger partial charge in [-0.25, -0.2) is 4.39 Å². The number of aliphatic hydroxyl groups is 1. The van der Waals surface area contributed by atoms with Crippen molar-refractivity contribution in [2.24, 2.45) is 11.7 Å². The number of nitrogens with two attached hydrogens (primary N) is 1. The van der Waals surface area contributed by atoms with Crippen molar-refractivity contribution in [3.8, 4) is 5.75 Å². The van der Waals surface area contributed by atoms with Gasteiger partial charge >= 0.3 is 0 Å². The van der Waals surface area contributed by atoms with E-state index in [1.807, 2.05) is 6.92 Å². The number of benzene rings is 1. The van der Waals surface area contributed by atoms with Crippen LogP contribution in [0.5, 0.6) is 5.75 Å². The second-order valence-electron chi connectivity index (χ2n) is 4.74. The second kappa shape index (κ2) is 8.12. The molecule has 3 N–H and O–H groups in total. The van der Waals surface area contributed by atoms with Crippen LogP contribution in [0.1, 0.15) is 38.2 Å². The fourth-order valence-electron chi connectivity index (χ4n) is 2.29. The monoisotopic (exact) mass is 269 g/mol. The van der Waals surface area contributed by atoms with Crippen LogP contribution in [-0.2, 0) is 0 Å². The zero-order valence-corrected chi connectivity index (χ0v) is 11.7. The third kappa shape index (κ3) is 4.48. The van der Waals surface area contributed by atoms with Gasteiger partial charge in [-0.05, 0) is 56.3 Å². The van der Waals surface area contributed by atoms with E-state index in [9.17, 15) is 9.50 Å². The van der Waals surface area contributed by atoms with Gasteiger partial charge in [0.2, 0.25) is 0 Å². The van der Waals surface area contributed by atoms with Gasteiger partial charge in [0, 0.05) is 12.2 Å². The molecule has 0 aliphatic rings. The predicted molar refractivity (Wildman–Crippen MR) is 74.8 cm³/mol. The molecule has 0 bridgehead atoms. The van der Waals surface area contributed by atoms with Gasteiger partial charge in [-0.15, -0.1) is 0 Å². The first-order valence-electron chi connectivity index (χ1n) is 6.89. The van der Waals surface area contributed by atoms with Gasteiger partial charge in [-0.2, -0.15) is 0 Å². The van der Waals surface area contributed by atoms with E-state index in [1.54, 1.807) is 6.07 Å². The maximum absolute atomic E-state index is 13.5. The number of halogens is 1. The molecule has 0 aliphatic carbocycles. The van der Waals surface area contributed by atoms with Crippen LogP contribution >= 0.6 is 0 Å². The van der Waals surface area contributed by atoms with Crippen molar-refractivity contribution in [1.29, 1.82) is 0 Å². The summed E-state index contributed by atoms with van der Waals surface area (Å²) < 4.78 is 19.0. The Morgan fingerprint density at radius 2 is 2.11 bits per heavy atom. The van der Waals surface area contributed by atoms with E-state index in [4.69, 9.17) is 10.5 Å². The van der Waals surface area contributed by atoms with Crippen molar-refractivity contribution in [1.82, 2.24) is 0 Å². The lowest BCUT2D eigenvalue weighted by Crippen LogP contribution is -2.21. The Morgan fingerprint density at radius 1 is 1.37 bits per heavy atom. The van der Waals surface area contributed by atoms with Crippen LogP contribution in [0.15, 0.2) is 18.2 Å². The summed E-state index contributed by atoms with van der Waals surface area (Å²) in [4.78, 5) is 0. The molecular weight excluding hydrogens is 245 g/mol. The molecule has 108 valence electrons. The number of ether oxygens (including phenoxy) is 1. The van der Waals surface area contributed by atoms with Crippen LogP contribution in [0.4, 0.5) is 4.39 Å². The van der Waals surface area contributed by atoms with E-state index in [2.05, 4.69) is 6.92 Å². The largest absolute Gasteiger partial charge is 0.494 e. The van der Waals surface area contributed by atoms with Crippen molar-refractivity contribution in [2.45, 2.75) is 32.6 Å². The summed E-state index contributed by atoms with van der Waals surface area (Å²) in [6.07, 6.45) is 1.60. The maximum Gasteiger partial charge on any atom is 0.123 e. The molecule has 0 saturated carbocycles. The Labute approximate surface area is 114 Å². The van der Waals surface area contributed by atoms with E-state index in [0.717, 1.165) is 24.2 Å². The highest BCUT2D eigenvalue weighted by Gasteiger charge is 2.19. The van der Waals surface area contributed by atoms with Crippen molar-refractivity contribution in [3.63, 3.8) is 0 Å². The average molecular weight is 269 g/mol. The molecule has 0 heterocycles. The molecule has 0 amide bonds. The highest BCUT2D eigenvalue weighted by atomic mass is 19.1. The average Bonchev–Trinajstić information content (AvgIpc) is 2.43. The molecule has 19 heavy (non-hydrogen) atoms. The third-order valence-electron chi connectivity index (χ3n) is 3.41. The summed E-state index contributed by atoms with van der Waals surface area (Å²) in [7, 11) is 0. The number of hydrogen-bond donors (Lipinski definition) is 2. The summed E-state index contributed by atoms with van der Waals surface area (Å²) in [5.74, 6) is 0.662. The van der Waals surface area contributed by atoms with E-state index in [1.165, 1.54) is 12.1 Å². The Bertz CT molecular complexity index is 380. The summed E-state index contributed by atoms with van der Waals surface area (Å²) in [6, 6.07) is 4.62. The van der Waals surface area contributed by atoms with Crippen LogP contribution in [0.25, 0.3) is 0 Å². The molecule has 4 heteroatoms. The highest BCUT2D eigenvalue weighted by Crippen LogP contribution is 2.34. The molecule has 1 rings (SSSR count). The Balaban J connectivity index is 2.98. The van der Waals surface area contributed by atoms with Crippen LogP contribution in [0.2, 0.25) is 0 Å². The molecule has 0 saturated heterocycles. The molecule has 1 aromatic carbocycles. The summed E-state index contributed by atoms with van der Waals surface area (Å²) in [5.41, 5.74) is 6.50. The van der Waals surface area contributed by atoms with Crippen LogP contribution in [-0.4, -0.2) is 24.9 Å². The number of aliphatic hydroxyl groups excluding tert-OH is 1. The first-order valence-corrected chi connectivity index (χ1v) is 6.89. The van der Waals surface area contributed by atoms with Crippen molar-refractivity contribution >= 4 is 0 Å². The standard InChI is InChI=1S/C15H24FNO2/c1-3-12(7-11(9-17)10-18)14-8-13(16)5-6-15(14)19-4-2/h5-6,8,11-12,18H,3-4,7,9-10,17H2,1-2H3. The Morgan fingerprint density at radius 3 is 2.63 bits per heavy atom. The van der Waals surface area contributed by atoms with E-state index in [-0.39, 0.29) is 24.3 Å². The van der Waals surface area contributed by atoms with Gasteiger partial charge in [0.05, 0.1) is 6.61 Å². The van der Waals surface area contributed by atoms with Crippen LogP contribution in [0.3, 0.4) is 0 Å². The number of rotatable bonds is 8.